The normalized spacial score (nSPS) is 21.1. The van der Waals surface area contributed by atoms with Crippen molar-refractivity contribution in [2.45, 2.75) is 114 Å². The lowest BCUT2D eigenvalue weighted by atomic mass is 9.67. The highest BCUT2D eigenvalue weighted by Gasteiger charge is 2.52. The highest BCUT2D eigenvalue weighted by molar-refractivity contribution is 6.76. The SMILES string of the molecule is C[C@H](O[C@H](C)[C@H](N)c1nc2cc([C@@H](COC3CC3)C(C(N)=O)C3CC(F)(F)C3)ccc2n1COCC[Si](C)(C)C)C(F)(F)F. The molecule has 8 nitrogen and oxygen atoms in total. The molecule has 248 valence electrons. The lowest BCUT2D eigenvalue weighted by Gasteiger charge is -2.41. The van der Waals surface area contributed by atoms with E-state index in [1.165, 1.54) is 6.92 Å². The number of hydrogen-bond acceptors (Lipinski definition) is 6. The fourth-order valence-electron chi connectivity index (χ4n) is 5.62. The number of imidazole rings is 1. The minimum Gasteiger partial charge on any atom is -0.378 e. The first-order valence-electron chi connectivity index (χ1n) is 15.2. The van der Waals surface area contributed by atoms with Gasteiger partial charge in [0.15, 0.2) is 6.10 Å². The molecule has 0 bridgehead atoms. The lowest BCUT2D eigenvalue weighted by Crippen LogP contribution is -2.47. The maximum absolute atomic E-state index is 13.8. The largest absolute Gasteiger partial charge is 0.414 e. The van der Waals surface area contributed by atoms with E-state index in [2.05, 4.69) is 19.6 Å². The van der Waals surface area contributed by atoms with Crippen molar-refractivity contribution in [3.63, 3.8) is 0 Å². The first-order valence-corrected chi connectivity index (χ1v) is 18.9. The van der Waals surface area contributed by atoms with E-state index in [4.69, 9.17) is 30.7 Å². The summed E-state index contributed by atoms with van der Waals surface area (Å²) in [6.07, 6.45) is -6.60. The third kappa shape index (κ3) is 8.77. The van der Waals surface area contributed by atoms with Crippen LogP contribution in [-0.4, -0.2) is 67.2 Å². The third-order valence-electron chi connectivity index (χ3n) is 8.56. The second-order valence-corrected chi connectivity index (χ2v) is 19.3. The Morgan fingerprint density at radius 2 is 1.84 bits per heavy atom. The smallest absolute Gasteiger partial charge is 0.378 e. The van der Waals surface area contributed by atoms with Crippen molar-refractivity contribution in [1.82, 2.24) is 9.55 Å². The molecule has 1 amide bonds. The van der Waals surface area contributed by atoms with Gasteiger partial charge in [0.2, 0.25) is 11.8 Å². The quantitative estimate of drug-likeness (QED) is 0.129. The van der Waals surface area contributed by atoms with Crippen LogP contribution < -0.4 is 11.5 Å². The second kappa shape index (κ2) is 13.3. The maximum atomic E-state index is 13.8. The summed E-state index contributed by atoms with van der Waals surface area (Å²) >= 11 is 0. The number of carbonyl (C=O) groups excluding carboxylic acids is 1. The van der Waals surface area contributed by atoms with Gasteiger partial charge in [-0.15, -0.1) is 0 Å². The van der Waals surface area contributed by atoms with Gasteiger partial charge in [0.05, 0.1) is 41.8 Å². The van der Waals surface area contributed by atoms with Crippen molar-refractivity contribution in [1.29, 1.82) is 0 Å². The Kier molecular flexibility index (Phi) is 10.5. The molecule has 0 saturated heterocycles. The van der Waals surface area contributed by atoms with Crippen LogP contribution in [0.25, 0.3) is 11.0 Å². The number of alkyl halides is 5. The number of rotatable bonds is 16. The van der Waals surface area contributed by atoms with Crippen LogP contribution in [0.15, 0.2) is 18.2 Å². The van der Waals surface area contributed by atoms with Crippen LogP contribution in [0.4, 0.5) is 22.0 Å². The van der Waals surface area contributed by atoms with E-state index in [1.54, 1.807) is 22.8 Å². The molecule has 2 saturated carbocycles. The van der Waals surface area contributed by atoms with E-state index >= 15 is 0 Å². The van der Waals surface area contributed by atoms with Crippen molar-refractivity contribution in [2.24, 2.45) is 23.3 Å². The van der Waals surface area contributed by atoms with E-state index in [0.29, 0.717) is 23.2 Å². The molecule has 1 aromatic carbocycles. The predicted molar refractivity (Wildman–Crippen MR) is 159 cm³/mol. The van der Waals surface area contributed by atoms with Crippen LogP contribution in [0.3, 0.4) is 0 Å². The molecule has 0 spiro atoms. The Balaban J connectivity index is 1.68. The maximum Gasteiger partial charge on any atom is 0.414 e. The number of fused-ring (bicyclic) bond motifs is 1. The lowest BCUT2D eigenvalue weighted by molar-refractivity contribution is -0.227. The summed E-state index contributed by atoms with van der Waals surface area (Å²) in [7, 11) is -1.39. The van der Waals surface area contributed by atoms with E-state index < -0.39 is 74.9 Å². The first-order chi connectivity index (χ1) is 20.4. The molecule has 0 aliphatic heterocycles. The van der Waals surface area contributed by atoms with Gasteiger partial charge in [0.25, 0.3) is 0 Å². The number of hydrogen-bond donors (Lipinski definition) is 2. The zero-order valence-corrected chi connectivity index (χ0v) is 27.0. The fraction of sp³-hybridized carbons (Fsp3) is 0.733. The number of benzene rings is 1. The van der Waals surface area contributed by atoms with Gasteiger partial charge < -0.3 is 30.2 Å². The van der Waals surface area contributed by atoms with Gasteiger partial charge in [-0.3, -0.25) is 4.79 Å². The third-order valence-corrected chi connectivity index (χ3v) is 10.3. The number of amides is 1. The van der Waals surface area contributed by atoms with E-state index in [1.807, 2.05) is 0 Å². The number of carbonyl (C=O) groups is 1. The standard InChI is InChI=1S/C30H45F5N4O4Si/c1-17(43-18(2)30(33,34)35)26(36)28-38-23-12-19(6-9-24(23)39(28)16-41-10-11-44(3,4)5)22(15-42-21-7-8-21)25(27(37)40)20-13-29(31,32)14-20/h6,9,12,17-18,20-22,25-26H,7-8,10-11,13-16,36H2,1-5H3,(H2,37,40)/t17-,18+,22-,25?,26+/m1/s1. The molecule has 44 heavy (non-hydrogen) atoms. The number of aromatic nitrogens is 2. The van der Waals surface area contributed by atoms with Gasteiger partial charge >= 0.3 is 6.18 Å². The van der Waals surface area contributed by atoms with Gasteiger partial charge in [-0.25, -0.2) is 13.8 Å². The molecule has 1 aromatic heterocycles. The zero-order chi connectivity index (χ0) is 32.6. The van der Waals surface area contributed by atoms with Crippen LogP contribution in [0, 0.1) is 11.8 Å². The molecule has 4 N–H and O–H groups in total. The summed E-state index contributed by atoms with van der Waals surface area (Å²) in [4.78, 5) is 17.4. The molecule has 2 aliphatic carbocycles. The van der Waals surface area contributed by atoms with Crippen LogP contribution in [0.2, 0.25) is 25.7 Å². The topological polar surface area (TPSA) is 115 Å². The monoisotopic (exact) mass is 648 g/mol. The van der Waals surface area contributed by atoms with Crippen molar-refractivity contribution in [2.75, 3.05) is 13.2 Å². The number of nitrogens with zero attached hydrogens (tertiary/aromatic N) is 2. The van der Waals surface area contributed by atoms with Gasteiger partial charge in [-0.2, -0.15) is 13.2 Å². The number of primary amides is 1. The van der Waals surface area contributed by atoms with E-state index in [-0.39, 0.29) is 25.3 Å². The number of nitrogens with two attached hydrogens (primary N) is 2. The molecule has 2 aliphatic rings. The molecule has 4 rings (SSSR count). The summed E-state index contributed by atoms with van der Waals surface area (Å²) in [5.41, 5.74) is 14.0. The summed E-state index contributed by atoms with van der Waals surface area (Å²) < 4.78 is 86.3. The molecular weight excluding hydrogens is 603 g/mol. The number of halogens is 5. The van der Waals surface area contributed by atoms with Gasteiger partial charge in [-0.05, 0) is 56.3 Å². The molecule has 2 aromatic rings. The average molecular weight is 649 g/mol. The first kappa shape index (κ1) is 34.7. The van der Waals surface area contributed by atoms with Crippen molar-refractivity contribution < 1.29 is 41.0 Å². The van der Waals surface area contributed by atoms with Crippen LogP contribution >= 0.6 is 0 Å². The van der Waals surface area contributed by atoms with Crippen molar-refractivity contribution >= 4 is 25.0 Å². The Bertz CT molecular complexity index is 1290. The molecule has 2 fully saturated rings. The Morgan fingerprint density at radius 1 is 1.18 bits per heavy atom. The second-order valence-electron chi connectivity index (χ2n) is 13.6. The van der Waals surface area contributed by atoms with E-state index in [9.17, 15) is 26.7 Å². The predicted octanol–water partition coefficient (Wildman–Crippen LogP) is 6.11. The molecule has 0 radical (unpaired) electrons. The number of ether oxygens (including phenoxy) is 3. The Labute approximate surface area is 256 Å². The van der Waals surface area contributed by atoms with Crippen LogP contribution in [-0.2, 0) is 25.7 Å². The minimum atomic E-state index is -4.55. The summed E-state index contributed by atoms with van der Waals surface area (Å²) in [5.74, 6) is -5.24. The van der Waals surface area contributed by atoms with Crippen LogP contribution in [0.1, 0.15) is 62.9 Å². The molecule has 1 heterocycles. The van der Waals surface area contributed by atoms with Crippen molar-refractivity contribution in [3.05, 3.63) is 29.6 Å². The summed E-state index contributed by atoms with van der Waals surface area (Å²) in [6.45, 7) is 9.76. The van der Waals surface area contributed by atoms with E-state index in [0.717, 1.165) is 25.8 Å². The summed E-state index contributed by atoms with van der Waals surface area (Å²) in [6, 6.07) is 5.20. The molecule has 5 atom stereocenters. The zero-order valence-electron chi connectivity index (χ0n) is 26.0. The van der Waals surface area contributed by atoms with Gasteiger partial charge in [0, 0.05) is 33.4 Å². The molecule has 1 unspecified atom stereocenters. The highest BCUT2D eigenvalue weighted by atomic mass is 28.3. The van der Waals surface area contributed by atoms with Gasteiger partial charge in [0.1, 0.15) is 12.6 Å². The highest BCUT2D eigenvalue weighted by Crippen LogP contribution is 2.50. The molecular formula is C30H45F5N4O4Si. The Hall–Kier alpha value is -2.13. The van der Waals surface area contributed by atoms with Crippen molar-refractivity contribution in [3.8, 4) is 0 Å². The van der Waals surface area contributed by atoms with Crippen LogP contribution in [0.5, 0.6) is 0 Å². The van der Waals surface area contributed by atoms with Gasteiger partial charge in [-0.1, -0.05) is 25.7 Å². The average Bonchev–Trinajstić information content (AvgIpc) is 3.65. The molecule has 14 heteroatoms. The minimum absolute atomic E-state index is 0.0651. The summed E-state index contributed by atoms with van der Waals surface area (Å²) in [5, 5.41) is 0. The fourth-order valence-corrected chi connectivity index (χ4v) is 6.37. The Morgan fingerprint density at radius 3 is 2.39 bits per heavy atom.